The van der Waals surface area contributed by atoms with Crippen LogP contribution in [0, 0.1) is 17.8 Å². The minimum Gasteiger partial charge on any atom is -0.394 e. The van der Waals surface area contributed by atoms with E-state index in [-0.39, 0.29) is 18.2 Å². The highest BCUT2D eigenvalue weighted by molar-refractivity contribution is 5.76. The summed E-state index contributed by atoms with van der Waals surface area (Å²) in [6.45, 7) is 5.54. The van der Waals surface area contributed by atoms with Crippen molar-refractivity contribution in [2.75, 3.05) is 6.61 Å². The van der Waals surface area contributed by atoms with Crippen LogP contribution in [0.5, 0.6) is 0 Å². The fourth-order valence-corrected chi connectivity index (χ4v) is 5.04. The predicted molar refractivity (Wildman–Crippen MR) is 155 cm³/mol. The molecule has 0 radical (unpaired) electrons. The summed E-state index contributed by atoms with van der Waals surface area (Å²) >= 11 is 0. The molecule has 1 heterocycles. The first-order valence-electron chi connectivity index (χ1n) is 15.6. The van der Waals surface area contributed by atoms with Crippen molar-refractivity contribution in [2.24, 2.45) is 5.92 Å². The van der Waals surface area contributed by atoms with Gasteiger partial charge in [0.15, 0.2) is 0 Å². The van der Waals surface area contributed by atoms with Gasteiger partial charge in [0.25, 0.3) is 0 Å². The Morgan fingerprint density at radius 2 is 1.35 bits per heavy atom. The van der Waals surface area contributed by atoms with E-state index in [0.717, 1.165) is 38.5 Å². The maximum Gasteiger partial charge on any atom is 0.221 e. The van der Waals surface area contributed by atoms with Crippen molar-refractivity contribution in [3.63, 3.8) is 0 Å². The van der Waals surface area contributed by atoms with E-state index in [1.807, 2.05) is 13.8 Å². The first kappa shape index (κ1) is 36.8. The average Bonchev–Trinajstić information content (AvgIpc) is 2.95. The molecule has 1 aliphatic heterocycles. The molecule has 40 heavy (non-hydrogen) atoms. The second-order valence-electron chi connectivity index (χ2n) is 11.5. The molecular formula is C31H57NO8. The molecule has 0 spiro atoms. The van der Waals surface area contributed by atoms with E-state index in [0.29, 0.717) is 6.42 Å². The monoisotopic (exact) mass is 571 g/mol. The SMILES string of the molecule is CCCCCCCCCCCCC(C)[C@@H](O)[C@@H](O)[C@H](C#C[C@@H]1OC(CO)[C@H](O)[C@H](O)C1O)NC(=O)CCCCC. The number of amides is 1. The van der Waals surface area contributed by atoms with Crippen LogP contribution in [-0.4, -0.2) is 91.9 Å². The minimum atomic E-state index is -1.58. The molecule has 9 nitrogen and oxygen atoms in total. The number of carbonyl (C=O) groups is 1. The summed E-state index contributed by atoms with van der Waals surface area (Å²) in [5.41, 5.74) is 0. The summed E-state index contributed by atoms with van der Waals surface area (Å²) in [6.07, 6.45) is 6.08. The molecule has 234 valence electrons. The Bertz CT molecular complexity index is 724. The van der Waals surface area contributed by atoms with E-state index in [1.165, 1.54) is 44.9 Å². The zero-order valence-electron chi connectivity index (χ0n) is 25.0. The van der Waals surface area contributed by atoms with Crippen molar-refractivity contribution in [3.8, 4) is 11.8 Å². The lowest BCUT2D eigenvalue weighted by Crippen LogP contribution is -2.58. The van der Waals surface area contributed by atoms with E-state index >= 15 is 0 Å². The minimum absolute atomic E-state index is 0.224. The van der Waals surface area contributed by atoms with Crippen LogP contribution < -0.4 is 5.32 Å². The molecule has 0 aliphatic carbocycles. The third-order valence-electron chi connectivity index (χ3n) is 7.88. The summed E-state index contributed by atoms with van der Waals surface area (Å²) in [4.78, 5) is 12.5. The van der Waals surface area contributed by atoms with Crippen molar-refractivity contribution in [1.29, 1.82) is 0 Å². The number of hydrogen-bond donors (Lipinski definition) is 7. The van der Waals surface area contributed by atoms with E-state index in [4.69, 9.17) is 4.74 Å². The second-order valence-corrected chi connectivity index (χ2v) is 11.5. The van der Waals surface area contributed by atoms with Crippen molar-refractivity contribution in [3.05, 3.63) is 0 Å². The molecule has 0 saturated carbocycles. The Morgan fingerprint density at radius 3 is 1.93 bits per heavy atom. The molecule has 0 aromatic rings. The molecule has 1 saturated heterocycles. The van der Waals surface area contributed by atoms with Gasteiger partial charge in [-0.3, -0.25) is 4.79 Å². The van der Waals surface area contributed by atoms with Crippen LogP contribution in [0.2, 0.25) is 0 Å². The lowest BCUT2D eigenvalue weighted by atomic mass is 9.90. The van der Waals surface area contributed by atoms with Crippen molar-refractivity contribution in [2.45, 2.75) is 166 Å². The van der Waals surface area contributed by atoms with E-state index in [2.05, 4.69) is 24.1 Å². The largest absolute Gasteiger partial charge is 0.394 e. The predicted octanol–water partition coefficient (Wildman–Crippen LogP) is 2.57. The standard InChI is InChI=1S/C31H57NO8/c1-4-6-8-9-10-11-12-13-14-16-17-22(3)27(35)28(36)23(32-26(34)18-15-7-5-2)19-20-24-29(37)31(39)30(38)25(21-33)40-24/h22-25,27-31,33,35-39H,4-18,21H2,1-3H3,(H,32,34)/t22?,23-,24-,25?,27+,28-,29?,30-,31+/m0/s1. The maximum absolute atomic E-state index is 12.5. The molecule has 9 atom stereocenters. The number of carbonyl (C=O) groups excluding carboxylic acids is 1. The number of aliphatic hydroxyl groups excluding tert-OH is 6. The molecule has 1 fully saturated rings. The van der Waals surface area contributed by atoms with Gasteiger partial charge in [-0.2, -0.15) is 0 Å². The third kappa shape index (κ3) is 13.6. The summed E-state index contributed by atoms with van der Waals surface area (Å²) < 4.78 is 5.43. The van der Waals surface area contributed by atoms with Gasteiger partial charge >= 0.3 is 0 Å². The molecular weight excluding hydrogens is 514 g/mol. The molecule has 1 rings (SSSR count). The maximum atomic E-state index is 12.5. The highest BCUT2D eigenvalue weighted by Gasteiger charge is 2.43. The fourth-order valence-electron chi connectivity index (χ4n) is 5.04. The summed E-state index contributed by atoms with van der Waals surface area (Å²) in [6, 6.07) is -1.13. The van der Waals surface area contributed by atoms with Gasteiger partial charge < -0.3 is 40.7 Å². The second kappa shape index (κ2) is 21.5. The first-order chi connectivity index (χ1) is 19.2. The van der Waals surface area contributed by atoms with E-state index in [9.17, 15) is 35.4 Å². The van der Waals surface area contributed by atoms with Gasteiger partial charge in [0.1, 0.15) is 42.7 Å². The molecule has 0 bridgehead atoms. The van der Waals surface area contributed by atoms with Gasteiger partial charge in [0.2, 0.25) is 5.91 Å². The summed E-state index contributed by atoms with van der Waals surface area (Å²) in [5.74, 6) is 4.81. The Morgan fingerprint density at radius 1 is 0.800 bits per heavy atom. The van der Waals surface area contributed by atoms with Gasteiger partial charge in [-0.05, 0) is 18.8 Å². The van der Waals surface area contributed by atoms with Crippen LogP contribution >= 0.6 is 0 Å². The highest BCUT2D eigenvalue weighted by Crippen LogP contribution is 2.22. The van der Waals surface area contributed by atoms with Gasteiger partial charge in [-0.15, -0.1) is 0 Å². The zero-order chi connectivity index (χ0) is 29.9. The van der Waals surface area contributed by atoms with Crippen LogP contribution in [0.3, 0.4) is 0 Å². The lowest BCUT2D eigenvalue weighted by molar-refractivity contribution is -0.214. The van der Waals surface area contributed by atoms with E-state index in [1.54, 1.807) is 0 Å². The van der Waals surface area contributed by atoms with Gasteiger partial charge in [0.05, 0.1) is 12.7 Å². The molecule has 9 heteroatoms. The number of unbranched alkanes of at least 4 members (excludes halogenated alkanes) is 11. The van der Waals surface area contributed by atoms with Gasteiger partial charge in [0, 0.05) is 6.42 Å². The molecule has 1 aliphatic rings. The zero-order valence-corrected chi connectivity index (χ0v) is 25.0. The number of nitrogens with one attached hydrogen (secondary N) is 1. The van der Waals surface area contributed by atoms with E-state index < -0.39 is 55.4 Å². The smallest absolute Gasteiger partial charge is 0.221 e. The average molecular weight is 572 g/mol. The topological polar surface area (TPSA) is 160 Å². The van der Waals surface area contributed by atoms with Crippen molar-refractivity contribution >= 4 is 5.91 Å². The number of aliphatic hydroxyl groups is 6. The number of hydrogen-bond acceptors (Lipinski definition) is 8. The van der Waals surface area contributed by atoms with Crippen LogP contribution in [0.25, 0.3) is 0 Å². The van der Waals surface area contributed by atoms with Crippen LogP contribution in [0.4, 0.5) is 0 Å². The first-order valence-corrected chi connectivity index (χ1v) is 15.6. The Balaban J connectivity index is 2.72. The molecule has 0 aromatic heterocycles. The van der Waals surface area contributed by atoms with Gasteiger partial charge in [-0.25, -0.2) is 0 Å². The number of ether oxygens (including phenoxy) is 1. The normalized spacial score (nSPS) is 25.9. The molecule has 3 unspecified atom stereocenters. The third-order valence-corrected chi connectivity index (χ3v) is 7.88. The van der Waals surface area contributed by atoms with Gasteiger partial charge in [-0.1, -0.05) is 110 Å². The highest BCUT2D eigenvalue weighted by atomic mass is 16.5. The summed E-state index contributed by atoms with van der Waals surface area (Å²) in [5, 5.41) is 64.4. The molecule has 0 aromatic carbocycles. The lowest BCUT2D eigenvalue weighted by Gasteiger charge is -2.38. The Kier molecular flexibility index (Phi) is 19.7. The van der Waals surface area contributed by atoms with Crippen LogP contribution in [0.15, 0.2) is 0 Å². The van der Waals surface area contributed by atoms with Crippen molar-refractivity contribution in [1.82, 2.24) is 5.32 Å². The Labute approximate surface area is 241 Å². The summed E-state index contributed by atoms with van der Waals surface area (Å²) in [7, 11) is 0. The Hall–Kier alpha value is -1.25. The fraction of sp³-hybridized carbons (Fsp3) is 0.903. The van der Waals surface area contributed by atoms with Crippen LogP contribution in [-0.2, 0) is 9.53 Å². The number of rotatable bonds is 20. The van der Waals surface area contributed by atoms with Crippen LogP contribution in [0.1, 0.15) is 117 Å². The molecule has 1 amide bonds. The molecule has 7 N–H and O–H groups in total. The van der Waals surface area contributed by atoms with Crippen molar-refractivity contribution < 1.29 is 40.2 Å². The quantitative estimate of drug-likeness (QED) is 0.0867.